The molecule has 0 N–H and O–H groups in total. The molecule has 2 aliphatic rings. The summed E-state index contributed by atoms with van der Waals surface area (Å²) in [7, 11) is 4.25. The Morgan fingerprint density at radius 1 is 1.33 bits per heavy atom. The Hall–Kier alpha value is -0.910. The molecule has 1 amide bonds. The molecule has 3 rings (SSSR count). The Bertz CT molecular complexity index is 474. The Balaban J connectivity index is 1.57. The molecule has 0 radical (unpaired) electrons. The van der Waals surface area contributed by atoms with Crippen molar-refractivity contribution in [2.75, 3.05) is 40.3 Å². The molecule has 2 aliphatic heterocycles. The van der Waals surface area contributed by atoms with Crippen molar-refractivity contribution in [2.45, 2.75) is 31.3 Å². The zero-order chi connectivity index (χ0) is 14.8. The van der Waals surface area contributed by atoms with E-state index in [4.69, 9.17) is 0 Å². The molecule has 5 heteroatoms. The zero-order valence-corrected chi connectivity index (χ0v) is 13.8. The van der Waals surface area contributed by atoms with Crippen molar-refractivity contribution in [3.8, 4) is 0 Å². The maximum absolute atomic E-state index is 12.5. The third-order valence-corrected chi connectivity index (χ3v) is 5.63. The lowest BCUT2D eigenvalue weighted by atomic mass is 10.1. The van der Waals surface area contributed by atoms with E-state index < -0.39 is 0 Å². The fourth-order valence-electron chi connectivity index (χ4n) is 3.65. The van der Waals surface area contributed by atoms with E-state index in [1.165, 1.54) is 4.88 Å². The van der Waals surface area contributed by atoms with E-state index in [9.17, 15) is 4.79 Å². The Morgan fingerprint density at radius 2 is 2.14 bits per heavy atom. The molecule has 4 nitrogen and oxygen atoms in total. The quantitative estimate of drug-likeness (QED) is 0.825. The molecule has 2 atom stereocenters. The SMILES string of the molecule is CN(C)CCN1CC[C@@H]2[C@@H]1CCN2C(=O)Cc1cccs1. The number of fused-ring (bicyclic) bond motifs is 1. The lowest BCUT2D eigenvalue weighted by molar-refractivity contribution is -0.131. The first-order chi connectivity index (χ1) is 10.1. The highest BCUT2D eigenvalue weighted by Gasteiger charge is 2.43. The van der Waals surface area contributed by atoms with Crippen LogP contribution >= 0.6 is 11.3 Å². The molecule has 0 bridgehead atoms. The molecule has 0 spiro atoms. The second-order valence-electron chi connectivity index (χ2n) is 6.39. The second kappa shape index (κ2) is 6.46. The number of amides is 1. The van der Waals surface area contributed by atoms with E-state index in [0.717, 1.165) is 39.0 Å². The molecule has 3 heterocycles. The molecule has 116 valence electrons. The van der Waals surface area contributed by atoms with E-state index >= 15 is 0 Å². The summed E-state index contributed by atoms with van der Waals surface area (Å²) in [5.74, 6) is 0.319. The van der Waals surface area contributed by atoms with Gasteiger partial charge in [-0.15, -0.1) is 11.3 Å². The van der Waals surface area contributed by atoms with Gasteiger partial charge >= 0.3 is 0 Å². The second-order valence-corrected chi connectivity index (χ2v) is 7.43. The maximum atomic E-state index is 12.5. The topological polar surface area (TPSA) is 26.8 Å². The number of nitrogens with zero attached hydrogens (tertiary/aromatic N) is 3. The van der Waals surface area contributed by atoms with Crippen LogP contribution in [0.2, 0.25) is 0 Å². The molecule has 1 aromatic rings. The number of carbonyl (C=O) groups is 1. The van der Waals surface area contributed by atoms with Crippen molar-refractivity contribution in [3.05, 3.63) is 22.4 Å². The maximum Gasteiger partial charge on any atom is 0.228 e. The van der Waals surface area contributed by atoms with Crippen LogP contribution in [0.4, 0.5) is 0 Å². The van der Waals surface area contributed by atoms with Crippen molar-refractivity contribution < 1.29 is 4.79 Å². The van der Waals surface area contributed by atoms with Gasteiger partial charge in [0.15, 0.2) is 0 Å². The summed E-state index contributed by atoms with van der Waals surface area (Å²) in [6, 6.07) is 5.14. The van der Waals surface area contributed by atoms with Gasteiger partial charge in [0.05, 0.1) is 6.42 Å². The van der Waals surface area contributed by atoms with E-state index in [2.05, 4.69) is 34.9 Å². The van der Waals surface area contributed by atoms with Gasteiger partial charge in [0.2, 0.25) is 5.91 Å². The average Bonchev–Trinajstić information content (AvgIpc) is 3.13. The number of hydrogen-bond donors (Lipinski definition) is 0. The summed E-state index contributed by atoms with van der Waals surface area (Å²) in [6.45, 7) is 4.32. The Kier molecular flexibility index (Phi) is 4.62. The monoisotopic (exact) mass is 307 g/mol. The highest BCUT2D eigenvalue weighted by atomic mass is 32.1. The Morgan fingerprint density at radius 3 is 2.86 bits per heavy atom. The molecule has 0 aromatic carbocycles. The molecule has 0 aliphatic carbocycles. The van der Waals surface area contributed by atoms with Crippen molar-refractivity contribution in [1.82, 2.24) is 14.7 Å². The normalized spacial score (nSPS) is 25.8. The van der Waals surface area contributed by atoms with E-state index in [-0.39, 0.29) is 0 Å². The highest BCUT2D eigenvalue weighted by molar-refractivity contribution is 7.10. The number of likely N-dealkylation sites (tertiary alicyclic amines) is 2. The van der Waals surface area contributed by atoms with Gasteiger partial charge in [-0.3, -0.25) is 9.69 Å². The molecule has 0 unspecified atom stereocenters. The fraction of sp³-hybridized carbons (Fsp3) is 0.688. The van der Waals surface area contributed by atoms with E-state index in [0.29, 0.717) is 24.4 Å². The van der Waals surface area contributed by atoms with Gasteiger partial charge in [-0.2, -0.15) is 0 Å². The lowest BCUT2D eigenvalue weighted by Gasteiger charge is -2.26. The summed E-state index contributed by atoms with van der Waals surface area (Å²) in [6.07, 6.45) is 2.88. The number of carbonyl (C=O) groups excluding carboxylic acids is 1. The zero-order valence-electron chi connectivity index (χ0n) is 13.0. The van der Waals surface area contributed by atoms with Gasteiger partial charge in [0.1, 0.15) is 0 Å². The van der Waals surface area contributed by atoms with Crippen LogP contribution in [-0.4, -0.2) is 73.0 Å². The number of rotatable bonds is 5. The smallest absolute Gasteiger partial charge is 0.228 e. The van der Waals surface area contributed by atoms with Crippen LogP contribution in [0, 0.1) is 0 Å². The molecule has 2 saturated heterocycles. The van der Waals surface area contributed by atoms with Gasteiger partial charge in [-0.25, -0.2) is 0 Å². The predicted octanol–water partition coefficient (Wildman–Crippen LogP) is 1.53. The summed E-state index contributed by atoms with van der Waals surface area (Å²) >= 11 is 1.68. The summed E-state index contributed by atoms with van der Waals surface area (Å²) in [5, 5.41) is 2.05. The van der Waals surface area contributed by atoms with Gasteiger partial charge < -0.3 is 9.80 Å². The highest BCUT2D eigenvalue weighted by Crippen LogP contribution is 2.32. The van der Waals surface area contributed by atoms with Crippen LogP contribution in [0.15, 0.2) is 17.5 Å². The van der Waals surface area contributed by atoms with E-state index in [1.807, 2.05) is 11.4 Å². The summed E-state index contributed by atoms with van der Waals surface area (Å²) in [5.41, 5.74) is 0. The molecular weight excluding hydrogens is 282 g/mol. The minimum atomic E-state index is 0.319. The minimum absolute atomic E-state index is 0.319. The van der Waals surface area contributed by atoms with Crippen LogP contribution in [0.1, 0.15) is 17.7 Å². The molecule has 2 fully saturated rings. The molecule has 1 aromatic heterocycles. The van der Waals surface area contributed by atoms with Gasteiger partial charge in [0, 0.05) is 43.1 Å². The fourth-order valence-corrected chi connectivity index (χ4v) is 4.35. The number of thiophene rings is 1. The summed E-state index contributed by atoms with van der Waals surface area (Å²) < 4.78 is 0. The average molecular weight is 307 g/mol. The molecule has 0 saturated carbocycles. The molecule has 21 heavy (non-hydrogen) atoms. The van der Waals surface area contributed by atoms with Crippen LogP contribution < -0.4 is 0 Å². The van der Waals surface area contributed by atoms with Crippen LogP contribution in [0.3, 0.4) is 0 Å². The van der Waals surface area contributed by atoms with E-state index in [1.54, 1.807) is 11.3 Å². The summed E-state index contributed by atoms with van der Waals surface area (Å²) in [4.78, 5) is 20.7. The predicted molar refractivity (Wildman–Crippen MR) is 86.7 cm³/mol. The first-order valence-electron chi connectivity index (χ1n) is 7.86. The van der Waals surface area contributed by atoms with Gasteiger partial charge in [0.25, 0.3) is 0 Å². The van der Waals surface area contributed by atoms with Gasteiger partial charge in [-0.05, 0) is 38.4 Å². The van der Waals surface area contributed by atoms with Crippen LogP contribution in [-0.2, 0) is 11.2 Å². The van der Waals surface area contributed by atoms with Crippen molar-refractivity contribution in [1.29, 1.82) is 0 Å². The molecular formula is C16H25N3OS. The lowest BCUT2D eigenvalue weighted by Crippen LogP contribution is -2.41. The Labute approximate surface area is 131 Å². The number of likely N-dealkylation sites (N-methyl/N-ethyl adjacent to an activating group) is 1. The largest absolute Gasteiger partial charge is 0.338 e. The first kappa shape index (κ1) is 15.0. The third kappa shape index (κ3) is 3.30. The van der Waals surface area contributed by atoms with Crippen molar-refractivity contribution in [2.24, 2.45) is 0 Å². The number of hydrogen-bond acceptors (Lipinski definition) is 4. The first-order valence-corrected chi connectivity index (χ1v) is 8.74. The third-order valence-electron chi connectivity index (χ3n) is 4.75. The van der Waals surface area contributed by atoms with Crippen molar-refractivity contribution >= 4 is 17.2 Å². The van der Waals surface area contributed by atoms with Crippen LogP contribution in [0.5, 0.6) is 0 Å². The van der Waals surface area contributed by atoms with Gasteiger partial charge in [-0.1, -0.05) is 6.07 Å². The van der Waals surface area contributed by atoms with Crippen molar-refractivity contribution in [3.63, 3.8) is 0 Å². The van der Waals surface area contributed by atoms with Crippen LogP contribution in [0.25, 0.3) is 0 Å². The minimum Gasteiger partial charge on any atom is -0.338 e. The standard InChI is InChI=1S/C16H25N3OS/c1-17(2)9-10-18-7-5-15-14(18)6-8-19(15)16(20)12-13-4-3-11-21-13/h3-4,11,14-15H,5-10,12H2,1-2H3/t14-,15+/m0/s1.